The van der Waals surface area contributed by atoms with Gasteiger partial charge in [-0.3, -0.25) is 4.79 Å². The molecule has 0 radical (unpaired) electrons. The molecule has 1 unspecified atom stereocenters. The monoisotopic (exact) mass is 324 g/mol. The van der Waals surface area contributed by atoms with Gasteiger partial charge in [0.05, 0.1) is 34.0 Å². The molecule has 0 spiro atoms. The zero-order valence-electron chi connectivity index (χ0n) is 13.6. The molecule has 1 aliphatic heterocycles. The van der Waals surface area contributed by atoms with Crippen molar-refractivity contribution in [3.05, 3.63) is 18.2 Å². The van der Waals surface area contributed by atoms with Crippen LogP contribution in [0.1, 0.15) is 6.42 Å². The standard InChI is InChI=1S/C16H24N2O5/c1-20-12-8-13(21-2)10-14(9-12)23-6-3-4-18-16(19)15-11-22-7-5-17-15/h8-10,15,17H,3-7,11H2,1-2H3,(H,18,19). The van der Waals surface area contributed by atoms with Crippen LogP contribution in [0.5, 0.6) is 17.2 Å². The van der Waals surface area contributed by atoms with Crippen LogP contribution in [0.15, 0.2) is 18.2 Å². The summed E-state index contributed by atoms with van der Waals surface area (Å²) in [5.41, 5.74) is 0. The maximum absolute atomic E-state index is 11.9. The van der Waals surface area contributed by atoms with Gasteiger partial charge in [0.2, 0.25) is 5.91 Å². The number of rotatable bonds is 8. The molecule has 1 amide bonds. The fourth-order valence-corrected chi connectivity index (χ4v) is 2.20. The Morgan fingerprint density at radius 2 is 1.96 bits per heavy atom. The Bertz CT molecular complexity index is 481. The molecular weight excluding hydrogens is 300 g/mol. The highest BCUT2D eigenvalue weighted by Crippen LogP contribution is 2.27. The van der Waals surface area contributed by atoms with Crippen LogP contribution in [0.4, 0.5) is 0 Å². The average Bonchev–Trinajstić information content (AvgIpc) is 2.61. The highest BCUT2D eigenvalue weighted by molar-refractivity contribution is 5.81. The molecule has 0 saturated carbocycles. The van der Waals surface area contributed by atoms with E-state index in [0.29, 0.717) is 56.6 Å². The van der Waals surface area contributed by atoms with E-state index in [0.717, 1.165) is 0 Å². The molecule has 0 aromatic heterocycles. The first-order chi connectivity index (χ1) is 11.2. The Morgan fingerprint density at radius 3 is 2.57 bits per heavy atom. The Hall–Kier alpha value is -1.99. The van der Waals surface area contributed by atoms with Crippen LogP contribution in [0.3, 0.4) is 0 Å². The van der Waals surface area contributed by atoms with Crippen molar-refractivity contribution < 1.29 is 23.7 Å². The molecule has 128 valence electrons. The van der Waals surface area contributed by atoms with Gasteiger partial charge >= 0.3 is 0 Å². The lowest BCUT2D eigenvalue weighted by atomic mass is 10.2. The van der Waals surface area contributed by atoms with Crippen LogP contribution in [0.25, 0.3) is 0 Å². The zero-order chi connectivity index (χ0) is 16.5. The van der Waals surface area contributed by atoms with Gasteiger partial charge in [-0.05, 0) is 6.42 Å². The van der Waals surface area contributed by atoms with Crippen LogP contribution in [-0.4, -0.2) is 59.1 Å². The van der Waals surface area contributed by atoms with Crippen molar-refractivity contribution in [1.82, 2.24) is 10.6 Å². The van der Waals surface area contributed by atoms with Crippen LogP contribution in [-0.2, 0) is 9.53 Å². The molecule has 1 saturated heterocycles. The van der Waals surface area contributed by atoms with Crippen molar-refractivity contribution >= 4 is 5.91 Å². The number of carbonyl (C=O) groups is 1. The number of hydrogen-bond acceptors (Lipinski definition) is 6. The molecule has 7 heteroatoms. The highest BCUT2D eigenvalue weighted by Gasteiger charge is 2.20. The summed E-state index contributed by atoms with van der Waals surface area (Å²) in [5.74, 6) is 2.00. The van der Waals surface area contributed by atoms with Gasteiger partial charge < -0.3 is 29.6 Å². The number of benzene rings is 1. The van der Waals surface area contributed by atoms with E-state index in [4.69, 9.17) is 18.9 Å². The molecule has 1 fully saturated rings. The van der Waals surface area contributed by atoms with Crippen LogP contribution in [0.2, 0.25) is 0 Å². The molecule has 1 aromatic rings. The summed E-state index contributed by atoms with van der Waals surface area (Å²) in [5, 5.41) is 5.99. The van der Waals surface area contributed by atoms with Crippen molar-refractivity contribution in [2.75, 3.05) is 47.1 Å². The third kappa shape index (κ3) is 5.61. The quantitative estimate of drug-likeness (QED) is 0.681. The van der Waals surface area contributed by atoms with Gasteiger partial charge in [0.1, 0.15) is 23.3 Å². The third-order valence-electron chi connectivity index (χ3n) is 3.45. The smallest absolute Gasteiger partial charge is 0.239 e. The Morgan fingerprint density at radius 1 is 1.26 bits per heavy atom. The molecule has 1 aromatic carbocycles. The first kappa shape index (κ1) is 17.4. The van der Waals surface area contributed by atoms with Gasteiger partial charge in [-0.1, -0.05) is 0 Å². The van der Waals surface area contributed by atoms with E-state index in [1.807, 2.05) is 0 Å². The van der Waals surface area contributed by atoms with Gasteiger partial charge in [0.25, 0.3) is 0 Å². The normalized spacial score (nSPS) is 17.4. The number of methoxy groups -OCH3 is 2. The van der Waals surface area contributed by atoms with Crippen LogP contribution >= 0.6 is 0 Å². The molecule has 23 heavy (non-hydrogen) atoms. The SMILES string of the molecule is COc1cc(OC)cc(OCCCNC(=O)C2COCCN2)c1. The highest BCUT2D eigenvalue weighted by atomic mass is 16.5. The molecule has 2 rings (SSSR count). The third-order valence-corrected chi connectivity index (χ3v) is 3.45. The summed E-state index contributed by atoms with van der Waals surface area (Å²) in [6.45, 7) is 2.83. The van der Waals surface area contributed by atoms with Gasteiger partial charge in [-0.2, -0.15) is 0 Å². The number of carbonyl (C=O) groups excluding carboxylic acids is 1. The number of amides is 1. The summed E-state index contributed by atoms with van der Waals surface area (Å²) in [6.07, 6.45) is 0.707. The molecule has 2 N–H and O–H groups in total. The summed E-state index contributed by atoms with van der Waals surface area (Å²) in [4.78, 5) is 11.9. The maximum atomic E-state index is 11.9. The van der Waals surface area contributed by atoms with E-state index in [1.54, 1.807) is 32.4 Å². The second-order valence-electron chi connectivity index (χ2n) is 5.12. The second-order valence-corrected chi connectivity index (χ2v) is 5.12. The van der Waals surface area contributed by atoms with Gasteiger partial charge in [0.15, 0.2) is 0 Å². The molecule has 7 nitrogen and oxygen atoms in total. The lowest BCUT2D eigenvalue weighted by Crippen LogP contribution is -2.51. The summed E-state index contributed by atoms with van der Waals surface area (Å²) >= 11 is 0. The topological polar surface area (TPSA) is 78.0 Å². The predicted octanol–water partition coefficient (Wildman–Crippen LogP) is 0.577. The van der Waals surface area contributed by atoms with Crippen LogP contribution in [0, 0.1) is 0 Å². The minimum Gasteiger partial charge on any atom is -0.496 e. The van der Waals surface area contributed by atoms with E-state index in [1.165, 1.54) is 0 Å². The molecule has 1 atom stereocenters. The largest absolute Gasteiger partial charge is 0.496 e. The molecule has 0 bridgehead atoms. The van der Waals surface area contributed by atoms with E-state index in [2.05, 4.69) is 10.6 Å². The first-order valence-corrected chi connectivity index (χ1v) is 7.67. The van der Waals surface area contributed by atoms with Crippen molar-refractivity contribution in [2.24, 2.45) is 0 Å². The lowest BCUT2D eigenvalue weighted by molar-refractivity contribution is -0.125. The van der Waals surface area contributed by atoms with Gasteiger partial charge in [0, 0.05) is 31.3 Å². The predicted molar refractivity (Wildman–Crippen MR) is 85.3 cm³/mol. The molecular formula is C16H24N2O5. The van der Waals surface area contributed by atoms with Crippen molar-refractivity contribution in [2.45, 2.75) is 12.5 Å². The fraction of sp³-hybridized carbons (Fsp3) is 0.562. The van der Waals surface area contributed by atoms with Gasteiger partial charge in [-0.25, -0.2) is 0 Å². The first-order valence-electron chi connectivity index (χ1n) is 7.67. The van der Waals surface area contributed by atoms with Crippen molar-refractivity contribution in [3.8, 4) is 17.2 Å². The van der Waals surface area contributed by atoms with Gasteiger partial charge in [-0.15, -0.1) is 0 Å². The van der Waals surface area contributed by atoms with Crippen molar-refractivity contribution in [3.63, 3.8) is 0 Å². The Labute approximate surface area is 136 Å². The zero-order valence-corrected chi connectivity index (χ0v) is 13.6. The molecule has 1 heterocycles. The Balaban J connectivity index is 1.68. The van der Waals surface area contributed by atoms with E-state index < -0.39 is 0 Å². The second kappa shape index (κ2) is 9.22. The van der Waals surface area contributed by atoms with Crippen LogP contribution < -0.4 is 24.8 Å². The van der Waals surface area contributed by atoms with E-state index in [-0.39, 0.29) is 11.9 Å². The number of hydrogen-bond donors (Lipinski definition) is 2. The minimum atomic E-state index is -0.257. The Kier molecular flexibility index (Phi) is 6.96. The maximum Gasteiger partial charge on any atom is 0.239 e. The number of nitrogens with one attached hydrogen (secondary N) is 2. The summed E-state index contributed by atoms with van der Waals surface area (Å²) in [7, 11) is 3.19. The van der Waals surface area contributed by atoms with E-state index in [9.17, 15) is 4.79 Å². The molecule has 1 aliphatic rings. The lowest BCUT2D eigenvalue weighted by Gasteiger charge is -2.22. The summed E-state index contributed by atoms with van der Waals surface area (Å²) < 4.78 is 21.3. The van der Waals surface area contributed by atoms with Crippen molar-refractivity contribution in [1.29, 1.82) is 0 Å². The van der Waals surface area contributed by atoms with E-state index >= 15 is 0 Å². The average molecular weight is 324 g/mol. The number of ether oxygens (including phenoxy) is 4. The molecule has 0 aliphatic carbocycles. The number of morpholine rings is 1. The minimum absolute atomic E-state index is 0.0345. The summed E-state index contributed by atoms with van der Waals surface area (Å²) in [6, 6.07) is 5.12. The fourth-order valence-electron chi connectivity index (χ4n) is 2.20.